The Morgan fingerprint density at radius 2 is 0.259 bits per heavy atom. The third-order valence-electron chi connectivity index (χ3n) is 13.3. The minimum atomic E-state index is 1.30. The highest BCUT2D eigenvalue weighted by molar-refractivity contribution is 4.67. The summed E-state index contributed by atoms with van der Waals surface area (Å²) in [6.07, 6.45) is 58.6. The van der Waals surface area contributed by atoms with Crippen molar-refractivity contribution in [3.63, 3.8) is 0 Å². The van der Waals surface area contributed by atoms with Gasteiger partial charge >= 0.3 is 0 Å². The van der Waals surface area contributed by atoms with E-state index in [1.165, 1.54) is 322 Å². The third-order valence-corrected chi connectivity index (χ3v) is 13.3. The molecule has 0 heterocycles. The van der Waals surface area contributed by atoms with E-state index >= 15 is 0 Å². The van der Waals surface area contributed by atoms with Crippen molar-refractivity contribution in [2.45, 2.75) is 298 Å². The lowest BCUT2D eigenvalue weighted by Crippen LogP contribution is -2.37. The summed E-state index contributed by atoms with van der Waals surface area (Å²) in [6, 6.07) is 0. The molecule has 0 spiro atoms. The lowest BCUT2D eigenvalue weighted by molar-refractivity contribution is 0.192. The predicted octanol–water partition coefficient (Wildman–Crippen LogP) is 18.0. The van der Waals surface area contributed by atoms with Crippen LogP contribution >= 0.6 is 0 Å². The highest BCUT2D eigenvalue weighted by Gasteiger charge is 2.11. The molecule has 3 heteroatoms. The van der Waals surface area contributed by atoms with Crippen LogP contribution in [0.15, 0.2) is 0 Å². The van der Waals surface area contributed by atoms with E-state index in [4.69, 9.17) is 0 Å². The van der Waals surface area contributed by atoms with Crippen molar-refractivity contribution in [1.29, 1.82) is 0 Å². The monoisotopic (exact) mass is 818 g/mol. The van der Waals surface area contributed by atoms with Crippen molar-refractivity contribution in [1.82, 2.24) is 14.7 Å². The van der Waals surface area contributed by atoms with Crippen molar-refractivity contribution in [3.8, 4) is 0 Å². The van der Waals surface area contributed by atoms with Gasteiger partial charge in [0.2, 0.25) is 0 Å². The Morgan fingerprint density at radius 3 is 0.414 bits per heavy atom. The first-order chi connectivity index (χ1) is 28.7. The van der Waals surface area contributed by atoms with E-state index < -0.39 is 0 Å². The fourth-order valence-electron chi connectivity index (χ4n) is 9.13. The van der Waals surface area contributed by atoms with Crippen LogP contribution < -0.4 is 0 Å². The fraction of sp³-hybridized carbons (Fsp3) is 1.00. The van der Waals surface area contributed by atoms with Gasteiger partial charge in [-0.15, -0.1) is 0 Å². The highest BCUT2D eigenvalue weighted by Crippen LogP contribution is 2.15. The topological polar surface area (TPSA) is 9.72 Å². The number of rotatable bonds is 52. The number of hydrogen-bond donors (Lipinski definition) is 0. The van der Waals surface area contributed by atoms with E-state index in [1.807, 2.05) is 0 Å². The molecule has 0 amide bonds. The van der Waals surface area contributed by atoms with Gasteiger partial charge in [-0.3, -0.25) is 0 Å². The molecule has 0 atom stereocenters. The first kappa shape index (κ1) is 57.9. The standard InChI is InChI=1S/C55H115N3/c1-6-11-16-21-26-33-40-47-56(48-41-34-27-22-17-12-7-2)49-42-38-31-32-39-46-53-58(52-45-37-30-25-20-15-10-5)55-54-57(50-43-35-28-23-18-13-8-3)51-44-36-29-24-19-14-9-4/h6-55H2,1-5H3. The summed E-state index contributed by atoms with van der Waals surface area (Å²) < 4.78 is 0. The first-order valence-corrected chi connectivity index (χ1v) is 27.9. The molecule has 0 saturated heterocycles. The van der Waals surface area contributed by atoms with Crippen molar-refractivity contribution >= 4 is 0 Å². The highest BCUT2D eigenvalue weighted by atomic mass is 15.2. The second kappa shape index (κ2) is 51.2. The van der Waals surface area contributed by atoms with Crippen LogP contribution in [0.4, 0.5) is 0 Å². The molecule has 0 saturated carbocycles. The number of nitrogens with zero attached hydrogens (tertiary/aromatic N) is 3. The summed E-state index contributed by atoms with van der Waals surface area (Å²) in [5.41, 5.74) is 0. The summed E-state index contributed by atoms with van der Waals surface area (Å²) in [5, 5.41) is 0. The van der Waals surface area contributed by atoms with Gasteiger partial charge in [0.05, 0.1) is 0 Å². The van der Waals surface area contributed by atoms with Crippen LogP contribution in [0.5, 0.6) is 0 Å². The van der Waals surface area contributed by atoms with Crippen LogP contribution in [0.2, 0.25) is 0 Å². The minimum Gasteiger partial charge on any atom is -0.303 e. The average molecular weight is 819 g/mol. The molecule has 0 aromatic heterocycles. The van der Waals surface area contributed by atoms with E-state index in [-0.39, 0.29) is 0 Å². The third kappa shape index (κ3) is 45.4. The average Bonchev–Trinajstić information content (AvgIpc) is 3.23. The number of unbranched alkanes of at least 4 members (excludes halogenated alkanes) is 35. The molecule has 0 N–H and O–H groups in total. The van der Waals surface area contributed by atoms with Gasteiger partial charge in [0, 0.05) is 13.1 Å². The Labute approximate surface area is 370 Å². The Hall–Kier alpha value is -0.120. The van der Waals surface area contributed by atoms with Gasteiger partial charge in [0.1, 0.15) is 0 Å². The molecule has 0 aromatic rings. The van der Waals surface area contributed by atoms with Gasteiger partial charge in [0.25, 0.3) is 0 Å². The molecule has 0 radical (unpaired) electrons. The van der Waals surface area contributed by atoms with Crippen molar-refractivity contribution in [2.75, 3.05) is 58.9 Å². The van der Waals surface area contributed by atoms with Gasteiger partial charge in [-0.25, -0.2) is 0 Å². The van der Waals surface area contributed by atoms with Gasteiger partial charge in [-0.1, -0.05) is 253 Å². The molecule has 0 fully saturated rings. The first-order valence-electron chi connectivity index (χ1n) is 27.9. The molecule has 0 aliphatic rings. The molecule has 0 unspecified atom stereocenters. The van der Waals surface area contributed by atoms with Crippen molar-refractivity contribution < 1.29 is 0 Å². The maximum atomic E-state index is 2.90. The molecule has 0 aliphatic heterocycles. The normalized spacial score (nSPS) is 12.0. The quantitative estimate of drug-likeness (QED) is 0.0566. The maximum absolute atomic E-state index is 2.90. The molecule has 350 valence electrons. The Bertz CT molecular complexity index is 675. The molecule has 0 rings (SSSR count). The Balaban J connectivity index is 4.78. The van der Waals surface area contributed by atoms with Crippen molar-refractivity contribution in [2.24, 2.45) is 0 Å². The summed E-state index contributed by atoms with van der Waals surface area (Å²) in [4.78, 5) is 8.66. The lowest BCUT2D eigenvalue weighted by atomic mass is 10.1. The molecule has 0 aromatic carbocycles. The minimum absolute atomic E-state index is 1.30. The van der Waals surface area contributed by atoms with Gasteiger partial charge in [0.15, 0.2) is 0 Å². The molecule has 0 bridgehead atoms. The predicted molar refractivity (Wildman–Crippen MR) is 267 cm³/mol. The zero-order chi connectivity index (χ0) is 42.1. The summed E-state index contributed by atoms with van der Waals surface area (Å²) in [7, 11) is 0. The Morgan fingerprint density at radius 1 is 0.138 bits per heavy atom. The molecule has 3 nitrogen and oxygen atoms in total. The molecule has 58 heavy (non-hydrogen) atoms. The molecular weight excluding hydrogens is 703 g/mol. The largest absolute Gasteiger partial charge is 0.303 e. The lowest BCUT2D eigenvalue weighted by Gasteiger charge is -2.28. The summed E-state index contributed by atoms with van der Waals surface area (Å²) >= 11 is 0. The van der Waals surface area contributed by atoms with Gasteiger partial charge in [-0.2, -0.15) is 0 Å². The van der Waals surface area contributed by atoms with E-state index in [0.29, 0.717) is 0 Å². The van der Waals surface area contributed by atoms with Crippen LogP contribution in [-0.2, 0) is 0 Å². The second-order valence-electron chi connectivity index (χ2n) is 19.3. The van der Waals surface area contributed by atoms with Crippen LogP contribution in [0.1, 0.15) is 298 Å². The van der Waals surface area contributed by atoms with Crippen LogP contribution in [0.3, 0.4) is 0 Å². The zero-order valence-corrected chi connectivity index (χ0v) is 41.7. The van der Waals surface area contributed by atoms with Gasteiger partial charge < -0.3 is 14.7 Å². The molecule has 0 aliphatic carbocycles. The smallest absolute Gasteiger partial charge is 0.0109 e. The van der Waals surface area contributed by atoms with E-state index in [2.05, 4.69) is 49.3 Å². The fourth-order valence-corrected chi connectivity index (χ4v) is 9.13. The summed E-state index contributed by atoms with van der Waals surface area (Å²) in [6.45, 7) is 23.7. The van der Waals surface area contributed by atoms with Crippen molar-refractivity contribution in [3.05, 3.63) is 0 Å². The van der Waals surface area contributed by atoms with E-state index in [1.54, 1.807) is 0 Å². The van der Waals surface area contributed by atoms with E-state index in [9.17, 15) is 0 Å². The van der Waals surface area contributed by atoms with Crippen LogP contribution in [-0.4, -0.2) is 73.6 Å². The van der Waals surface area contributed by atoms with Crippen LogP contribution in [0, 0.1) is 0 Å². The van der Waals surface area contributed by atoms with Crippen LogP contribution in [0.25, 0.3) is 0 Å². The maximum Gasteiger partial charge on any atom is 0.0109 e. The number of hydrogen-bond acceptors (Lipinski definition) is 3. The SMILES string of the molecule is CCCCCCCCCN(CCCCCCCCC)CCCCCCCCN(CCCCCCCCC)CCN(CCCCCCCCC)CCCCCCCCC. The molecular formula is C55H115N3. The Kier molecular flexibility index (Phi) is 51.1. The van der Waals surface area contributed by atoms with Gasteiger partial charge in [-0.05, 0) is 90.8 Å². The summed E-state index contributed by atoms with van der Waals surface area (Å²) in [5.74, 6) is 0. The second-order valence-corrected chi connectivity index (χ2v) is 19.3. The zero-order valence-electron chi connectivity index (χ0n) is 41.7. The van der Waals surface area contributed by atoms with E-state index in [0.717, 1.165) is 0 Å².